The van der Waals surface area contributed by atoms with Gasteiger partial charge in [-0.1, -0.05) is 6.07 Å². The number of benzene rings is 1. The van der Waals surface area contributed by atoms with E-state index in [-0.39, 0.29) is 11.6 Å². The third kappa shape index (κ3) is 4.17. The van der Waals surface area contributed by atoms with Gasteiger partial charge in [0, 0.05) is 24.0 Å². The Kier molecular flexibility index (Phi) is 5.01. The molecule has 0 saturated heterocycles. The van der Waals surface area contributed by atoms with Crippen LogP contribution in [-0.4, -0.2) is 34.1 Å². The highest BCUT2D eigenvalue weighted by Crippen LogP contribution is 2.33. The summed E-state index contributed by atoms with van der Waals surface area (Å²) in [5.41, 5.74) is 1.84. The van der Waals surface area contributed by atoms with Crippen molar-refractivity contribution in [2.24, 2.45) is 0 Å². The fourth-order valence-electron chi connectivity index (χ4n) is 2.78. The van der Waals surface area contributed by atoms with Gasteiger partial charge in [-0.15, -0.1) is 0 Å². The number of nitrogens with zero attached hydrogens (tertiary/aromatic N) is 3. The van der Waals surface area contributed by atoms with Crippen molar-refractivity contribution in [1.82, 2.24) is 20.3 Å². The van der Waals surface area contributed by atoms with Crippen LogP contribution in [-0.2, 0) is 6.54 Å². The molecule has 0 aliphatic carbocycles. The molecule has 8 nitrogen and oxygen atoms in total. The molecule has 1 amide bonds. The number of fused-ring (bicyclic) bond motifs is 1. The first-order valence-electron chi connectivity index (χ1n) is 8.88. The lowest BCUT2D eigenvalue weighted by Gasteiger charge is -2.19. The van der Waals surface area contributed by atoms with Gasteiger partial charge in [0.1, 0.15) is 30.5 Å². The van der Waals surface area contributed by atoms with Crippen LogP contribution < -0.4 is 20.1 Å². The molecule has 1 aromatic carbocycles. The third-order valence-corrected chi connectivity index (χ3v) is 4.04. The maximum Gasteiger partial charge on any atom is 0.270 e. The number of rotatable bonds is 5. The number of nitrogens with one attached hydrogen (secondary N) is 2. The summed E-state index contributed by atoms with van der Waals surface area (Å²) in [7, 11) is 0. The first-order valence-corrected chi connectivity index (χ1v) is 8.88. The molecule has 1 aliphatic rings. The SMILES string of the molecule is Cc1nc(Nc2ccc3c(c2)OCCO3)cc(C(=O)NCc2ccccn2)n1. The van der Waals surface area contributed by atoms with Crippen LogP contribution in [0.4, 0.5) is 11.5 Å². The van der Waals surface area contributed by atoms with Gasteiger partial charge in [0.2, 0.25) is 0 Å². The van der Waals surface area contributed by atoms with E-state index in [9.17, 15) is 4.79 Å². The van der Waals surface area contributed by atoms with Crippen LogP contribution in [0.15, 0.2) is 48.7 Å². The summed E-state index contributed by atoms with van der Waals surface area (Å²) >= 11 is 0. The van der Waals surface area contributed by atoms with Gasteiger partial charge >= 0.3 is 0 Å². The molecule has 0 spiro atoms. The van der Waals surface area contributed by atoms with E-state index in [0.29, 0.717) is 42.9 Å². The normalized spacial score (nSPS) is 12.3. The second kappa shape index (κ2) is 7.91. The van der Waals surface area contributed by atoms with Crippen molar-refractivity contribution in [3.05, 3.63) is 65.9 Å². The van der Waals surface area contributed by atoms with Crippen molar-refractivity contribution in [3.8, 4) is 11.5 Å². The Morgan fingerprint density at radius 1 is 1.07 bits per heavy atom. The number of anilines is 2. The molecule has 0 fully saturated rings. The summed E-state index contributed by atoms with van der Waals surface area (Å²) in [6.45, 7) is 3.13. The second-order valence-corrected chi connectivity index (χ2v) is 6.17. The van der Waals surface area contributed by atoms with Crippen LogP contribution in [0.25, 0.3) is 0 Å². The van der Waals surface area contributed by atoms with E-state index in [2.05, 4.69) is 25.6 Å². The third-order valence-electron chi connectivity index (χ3n) is 4.04. The van der Waals surface area contributed by atoms with Crippen LogP contribution >= 0.6 is 0 Å². The molecule has 2 N–H and O–H groups in total. The Labute approximate surface area is 162 Å². The quantitative estimate of drug-likeness (QED) is 0.705. The number of carbonyl (C=O) groups is 1. The molecule has 1 aliphatic heterocycles. The minimum absolute atomic E-state index is 0.281. The Morgan fingerprint density at radius 2 is 1.93 bits per heavy atom. The summed E-state index contributed by atoms with van der Waals surface area (Å²) in [6.07, 6.45) is 1.69. The van der Waals surface area contributed by atoms with Gasteiger partial charge in [0.15, 0.2) is 11.5 Å². The highest BCUT2D eigenvalue weighted by Gasteiger charge is 2.14. The zero-order chi connectivity index (χ0) is 19.3. The first-order chi connectivity index (χ1) is 13.7. The van der Waals surface area contributed by atoms with Gasteiger partial charge in [0.05, 0.1) is 12.2 Å². The van der Waals surface area contributed by atoms with E-state index in [0.717, 1.165) is 11.4 Å². The van der Waals surface area contributed by atoms with Crippen LogP contribution in [0, 0.1) is 6.92 Å². The minimum atomic E-state index is -0.290. The summed E-state index contributed by atoms with van der Waals surface area (Å²) in [6, 6.07) is 12.7. The fourth-order valence-corrected chi connectivity index (χ4v) is 2.78. The van der Waals surface area contributed by atoms with Gasteiger partial charge in [0.25, 0.3) is 5.91 Å². The van der Waals surface area contributed by atoms with Gasteiger partial charge in [-0.2, -0.15) is 0 Å². The van der Waals surface area contributed by atoms with Crippen LogP contribution in [0.2, 0.25) is 0 Å². The largest absolute Gasteiger partial charge is 0.486 e. The van der Waals surface area contributed by atoms with E-state index in [1.165, 1.54) is 0 Å². The van der Waals surface area contributed by atoms with E-state index < -0.39 is 0 Å². The van der Waals surface area contributed by atoms with Crippen LogP contribution in [0.1, 0.15) is 22.0 Å². The predicted octanol–water partition coefficient (Wildman–Crippen LogP) is 2.62. The predicted molar refractivity (Wildman–Crippen MR) is 103 cm³/mol. The van der Waals surface area contributed by atoms with Crippen molar-refractivity contribution in [1.29, 1.82) is 0 Å². The van der Waals surface area contributed by atoms with Crippen LogP contribution in [0.3, 0.4) is 0 Å². The van der Waals surface area contributed by atoms with Gasteiger partial charge < -0.3 is 20.1 Å². The number of aromatic nitrogens is 3. The molecule has 0 unspecified atom stereocenters. The number of carbonyl (C=O) groups excluding carboxylic acids is 1. The molecule has 142 valence electrons. The standard InChI is InChI=1S/C20H19N5O3/c1-13-23-16(20(26)22-12-15-4-2-3-7-21-15)11-19(24-13)25-14-5-6-17-18(10-14)28-9-8-27-17/h2-7,10-11H,8-9,12H2,1H3,(H,22,26)(H,23,24,25). The highest BCUT2D eigenvalue weighted by atomic mass is 16.6. The van der Waals surface area contributed by atoms with Gasteiger partial charge in [-0.25, -0.2) is 9.97 Å². The molecule has 8 heteroatoms. The first kappa shape index (κ1) is 17.7. The topological polar surface area (TPSA) is 98.3 Å². The number of aryl methyl sites for hydroxylation is 1. The fraction of sp³-hybridized carbons (Fsp3) is 0.200. The number of pyridine rings is 1. The van der Waals surface area contributed by atoms with E-state index in [1.807, 2.05) is 36.4 Å². The van der Waals surface area contributed by atoms with Crippen molar-refractivity contribution in [3.63, 3.8) is 0 Å². The molecular weight excluding hydrogens is 358 g/mol. The van der Waals surface area contributed by atoms with Gasteiger partial charge in [-0.05, 0) is 31.2 Å². The van der Waals surface area contributed by atoms with Crippen molar-refractivity contribution in [2.45, 2.75) is 13.5 Å². The lowest BCUT2D eigenvalue weighted by Crippen LogP contribution is -2.24. The zero-order valence-electron chi connectivity index (χ0n) is 15.3. The monoisotopic (exact) mass is 377 g/mol. The summed E-state index contributed by atoms with van der Waals surface area (Å²) in [4.78, 5) is 25.2. The zero-order valence-corrected chi connectivity index (χ0v) is 15.3. The Morgan fingerprint density at radius 3 is 2.75 bits per heavy atom. The lowest BCUT2D eigenvalue weighted by atomic mass is 10.2. The Balaban J connectivity index is 1.48. The summed E-state index contributed by atoms with van der Waals surface area (Å²) < 4.78 is 11.1. The average Bonchev–Trinajstić information content (AvgIpc) is 2.72. The molecule has 0 bridgehead atoms. The molecule has 3 aromatic rings. The van der Waals surface area contributed by atoms with Crippen molar-refractivity contribution < 1.29 is 14.3 Å². The number of hydrogen-bond donors (Lipinski definition) is 2. The smallest absolute Gasteiger partial charge is 0.270 e. The highest BCUT2D eigenvalue weighted by molar-refractivity contribution is 5.93. The Hall–Kier alpha value is -3.68. The average molecular weight is 377 g/mol. The van der Waals surface area contributed by atoms with Crippen LogP contribution in [0.5, 0.6) is 11.5 Å². The molecule has 4 rings (SSSR count). The van der Waals surface area contributed by atoms with Crippen molar-refractivity contribution in [2.75, 3.05) is 18.5 Å². The summed E-state index contributed by atoms with van der Waals surface area (Å²) in [5.74, 6) is 2.11. The molecule has 0 atom stereocenters. The lowest BCUT2D eigenvalue weighted by molar-refractivity contribution is 0.0945. The van der Waals surface area contributed by atoms with Crippen molar-refractivity contribution >= 4 is 17.4 Å². The molecule has 2 aromatic heterocycles. The maximum absolute atomic E-state index is 12.5. The van der Waals surface area contributed by atoms with E-state index in [4.69, 9.17) is 9.47 Å². The molecule has 0 radical (unpaired) electrons. The molecule has 28 heavy (non-hydrogen) atoms. The maximum atomic E-state index is 12.5. The van der Waals surface area contributed by atoms with E-state index in [1.54, 1.807) is 19.2 Å². The van der Waals surface area contributed by atoms with E-state index >= 15 is 0 Å². The van der Waals surface area contributed by atoms with Gasteiger partial charge in [-0.3, -0.25) is 9.78 Å². The number of hydrogen-bond acceptors (Lipinski definition) is 7. The minimum Gasteiger partial charge on any atom is -0.486 e. The number of ether oxygens (including phenoxy) is 2. The Bertz CT molecular complexity index is 994. The summed E-state index contributed by atoms with van der Waals surface area (Å²) in [5, 5.41) is 6.00. The second-order valence-electron chi connectivity index (χ2n) is 6.17. The number of amides is 1. The molecular formula is C20H19N5O3. The molecule has 0 saturated carbocycles. The molecule has 3 heterocycles.